The molecular weight excluding hydrogens is 413 g/mol. The van der Waals surface area contributed by atoms with Crippen LogP contribution >= 0.6 is 0 Å². The molecule has 0 saturated heterocycles. The van der Waals surface area contributed by atoms with Crippen LogP contribution in [0.1, 0.15) is 47.4 Å². The minimum atomic E-state index is -4.81. The average Bonchev–Trinajstić information content (AvgIpc) is 2.68. The largest absolute Gasteiger partial charge is 0.497 e. The molecule has 0 aliphatic heterocycles. The van der Waals surface area contributed by atoms with Gasteiger partial charge in [-0.05, 0) is 63.4 Å². The number of amides is 1. The van der Waals surface area contributed by atoms with E-state index in [0.717, 1.165) is 11.1 Å². The van der Waals surface area contributed by atoms with Crippen LogP contribution in [0.25, 0.3) is 0 Å². The van der Waals surface area contributed by atoms with Crippen LogP contribution in [0.2, 0.25) is 0 Å². The number of hydrogen-bond acceptors (Lipinski definition) is 5. The fraction of sp³-hybridized carbons (Fsp3) is 0.455. The lowest BCUT2D eigenvalue weighted by Crippen LogP contribution is -2.33. The van der Waals surface area contributed by atoms with Gasteiger partial charge < -0.3 is 19.5 Å². The van der Waals surface area contributed by atoms with Gasteiger partial charge in [0.25, 0.3) is 0 Å². The van der Waals surface area contributed by atoms with Crippen molar-refractivity contribution in [2.24, 2.45) is 0 Å². The molecule has 31 heavy (non-hydrogen) atoms. The summed E-state index contributed by atoms with van der Waals surface area (Å²) in [5.41, 5.74) is 1.68. The van der Waals surface area contributed by atoms with Crippen LogP contribution < -0.4 is 14.8 Å². The highest BCUT2D eigenvalue weighted by molar-refractivity contribution is 5.67. The molecule has 9 heteroatoms. The van der Waals surface area contributed by atoms with Crippen LogP contribution in [0.4, 0.5) is 18.0 Å². The summed E-state index contributed by atoms with van der Waals surface area (Å²) in [5.74, 6) is 1.12. The zero-order valence-corrected chi connectivity index (χ0v) is 18.4. The Balaban J connectivity index is 2.48. The second kappa shape index (κ2) is 9.89. The van der Waals surface area contributed by atoms with E-state index in [2.05, 4.69) is 10.3 Å². The Morgan fingerprint density at radius 3 is 2.26 bits per heavy atom. The minimum absolute atomic E-state index is 0.0122. The van der Waals surface area contributed by atoms with E-state index in [-0.39, 0.29) is 23.6 Å². The highest BCUT2D eigenvalue weighted by Gasteiger charge is 2.45. The van der Waals surface area contributed by atoms with Crippen molar-refractivity contribution >= 4 is 6.09 Å². The third-order valence-electron chi connectivity index (χ3n) is 4.59. The molecule has 1 amide bonds. The summed E-state index contributed by atoms with van der Waals surface area (Å²) >= 11 is 0. The molecule has 1 heterocycles. The SMILES string of the molecule is CCCNC(=O)OC(c1cc(C)nc(Oc2c(C)cc(OC)cc2C)c1C)C(F)(F)F. The molecule has 2 aromatic rings. The summed E-state index contributed by atoms with van der Waals surface area (Å²) < 4.78 is 57.3. The molecule has 2 rings (SSSR count). The number of nitrogens with zero attached hydrogens (tertiary/aromatic N) is 1. The number of ether oxygens (including phenoxy) is 3. The summed E-state index contributed by atoms with van der Waals surface area (Å²) in [6.45, 7) is 8.60. The molecule has 0 aliphatic rings. The second-order valence-electron chi connectivity index (χ2n) is 7.23. The third-order valence-corrected chi connectivity index (χ3v) is 4.59. The second-order valence-corrected chi connectivity index (χ2v) is 7.23. The predicted molar refractivity (Wildman–Crippen MR) is 110 cm³/mol. The zero-order chi connectivity index (χ0) is 23.3. The van der Waals surface area contributed by atoms with Crippen LogP contribution in [0.15, 0.2) is 18.2 Å². The number of hydrogen-bond donors (Lipinski definition) is 1. The van der Waals surface area contributed by atoms with Gasteiger partial charge in [-0.25, -0.2) is 9.78 Å². The van der Waals surface area contributed by atoms with E-state index in [1.54, 1.807) is 46.9 Å². The van der Waals surface area contributed by atoms with Gasteiger partial charge in [0, 0.05) is 23.4 Å². The number of carbonyl (C=O) groups is 1. The molecule has 0 radical (unpaired) electrons. The van der Waals surface area contributed by atoms with Crippen LogP contribution in [0, 0.1) is 27.7 Å². The molecular formula is C22H27F3N2O4. The molecule has 170 valence electrons. The number of alkyl halides is 3. The first-order valence-electron chi connectivity index (χ1n) is 9.80. The van der Waals surface area contributed by atoms with Gasteiger partial charge in [-0.1, -0.05) is 6.92 Å². The van der Waals surface area contributed by atoms with Gasteiger partial charge in [-0.2, -0.15) is 13.2 Å². The quantitative estimate of drug-likeness (QED) is 0.584. The van der Waals surface area contributed by atoms with E-state index in [0.29, 0.717) is 23.6 Å². The zero-order valence-electron chi connectivity index (χ0n) is 18.4. The highest BCUT2D eigenvalue weighted by Crippen LogP contribution is 2.41. The number of alkyl carbamates (subject to hydrolysis) is 1. The van der Waals surface area contributed by atoms with Gasteiger partial charge in [0.15, 0.2) is 0 Å². The Hall–Kier alpha value is -2.97. The number of halogens is 3. The first kappa shape index (κ1) is 24.3. The summed E-state index contributed by atoms with van der Waals surface area (Å²) in [6.07, 6.45) is -7.84. The Morgan fingerprint density at radius 2 is 1.74 bits per heavy atom. The molecule has 0 aliphatic carbocycles. The van der Waals surface area contributed by atoms with Gasteiger partial charge in [0.2, 0.25) is 12.0 Å². The molecule has 6 nitrogen and oxygen atoms in total. The van der Waals surface area contributed by atoms with Crippen molar-refractivity contribution in [2.75, 3.05) is 13.7 Å². The molecule has 1 aromatic carbocycles. The topological polar surface area (TPSA) is 69.7 Å². The van der Waals surface area contributed by atoms with Crippen molar-refractivity contribution in [3.8, 4) is 17.4 Å². The van der Waals surface area contributed by atoms with E-state index >= 15 is 0 Å². The Labute approximate surface area is 179 Å². The molecule has 0 fully saturated rings. The van der Waals surface area contributed by atoms with Gasteiger partial charge in [-0.15, -0.1) is 0 Å². The van der Waals surface area contributed by atoms with E-state index in [1.165, 1.54) is 13.0 Å². The molecule has 0 bridgehead atoms. The predicted octanol–water partition coefficient (Wildman–Crippen LogP) is 5.86. The van der Waals surface area contributed by atoms with Crippen LogP contribution in [-0.4, -0.2) is 30.9 Å². The number of pyridine rings is 1. The van der Waals surface area contributed by atoms with Crippen molar-refractivity contribution in [3.63, 3.8) is 0 Å². The number of aryl methyl sites for hydroxylation is 3. The van der Waals surface area contributed by atoms with Crippen LogP contribution in [-0.2, 0) is 4.74 Å². The highest BCUT2D eigenvalue weighted by atomic mass is 19.4. The molecule has 1 atom stereocenters. The van der Waals surface area contributed by atoms with E-state index in [9.17, 15) is 18.0 Å². The van der Waals surface area contributed by atoms with E-state index in [1.807, 2.05) is 0 Å². The number of benzene rings is 1. The van der Waals surface area contributed by atoms with Crippen molar-refractivity contribution in [1.29, 1.82) is 0 Å². The monoisotopic (exact) mass is 440 g/mol. The van der Waals surface area contributed by atoms with Gasteiger partial charge in [0.1, 0.15) is 11.5 Å². The van der Waals surface area contributed by atoms with E-state index < -0.39 is 18.4 Å². The first-order valence-corrected chi connectivity index (χ1v) is 9.80. The van der Waals surface area contributed by atoms with Crippen LogP contribution in [0.5, 0.6) is 17.4 Å². The molecule has 0 saturated carbocycles. The summed E-state index contributed by atoms with van der Waals surface area (Å²) in [5, 5.41) is 2.30. The molecule has 1 unspecified atom stereocenters. The number of nitrogens with one attached hydrogen (secondary N) is 1. The summed E-state index contributed by atoms with van der Waals surface area (Å²) in [6, 6.07) is 4.77. The number of rotatable bonds is 7. The fourth-order valence-corrected chi connectivity index (χ4v) is 3.07. The molecule has 1 aromatic heterocycles. The molecule has 0 spiro atoms. The Bertz CT molecular complexity index is 922. The summed E-state index contributed by atoms with van der Waals surface area (Å²) in [7, 11) is 1.54. The number of aromatic nitrogens is 1. The van der Waals surface area contributed by atoms with Gasteiger partial charge >= 0.3 is 12.3 Å². The lowest BCUT2D eigenvalue weighted by Gasteiger charge is -2.24. The normalized spacial score (nSPS) is 12.3. The smallest absolute Gasteiger partial charge is 0.429 e. The van der Waals surface area contributed by atoms with E-state index in [4.69, 9.17) is 14.2 Å². The fourth-order valence-electron chi connectivity index (χ4n) is 3.07. The lowest BCUT2D eigenvalue weighted by molar-refractivity contribution is -0.206. The first-order chi connectivity index (χ1) is 14.5. The standard InChI is InChI=1S/C22H27F3N2O4/c1-7-8-26-21(28)31-19(22(23,24)25)17-11-14(4)27-20(15(17)5)30-18-12(2)9-16(29-6)10-13(18)3/h9-11,19H,7-8H2,1-6H3,(H,26,28). The molecule has 1 N–H and O–H groups in total. The maximum atomic E-state index is 13.8. The van der Waals surface area contributed by atoms with Gasteiger partial charge in [-0.3, -0.25) is 0 Å². The number of methoxy groups -OCH3 is 1. The van der Waals surface area contributed by atoms with Crippen LogP contribution in [0.3, 0.4) is 0 Å². The Kier molecular flexibility index (Phi) is 7.75. The minimum Gasteiger partial charge on any atom is -0.497 e. The van der Waals surface area contributed by atoms with Crippen molar-refractivity contribution in [2.45, 2.75) is 53.3 Å². The summed E-state index contributed by atoms with van der Waals surface area (Å²) in [4.78, 5) is 16.1. The Morgan fingerprint density at radius 1 is 1.13 bits per heavy atom. The van der Waals surface area contributed by atoms with Crippen molar-refractivity contribution < 1.29 is 32.2 Å². The number of carbonyl (C=O) groups excluding carboxylic acids is 1. The maximum absolute atomic E-state index is 13.8. The lowest BCUT2D eigenvalue weighted by atomic mass is 10.0. The van der Waals surface area contributed by atoms with Crippen molar-refractivity contribution in [3.05, 3.63) is 46.1 Å². The van der Waals surface area contributed by atoms with Gasteiger partial charge in [0.05, 0.1) is 7.11 Å². The average molecular weight is 440 g/mol. The third kappa shape index (κ3) is 6.02. The maximum Gasteiger partial charge on any atom is 0.429 e. The van der Waals surface area contributed by atoms with Crippen molar-refractivity contribution in [1.82, 2.24) is 10.3 Å².